The molecule has 1 aromatic heterocycles. The average Bonchev–Trinajstić information content (AvgIpc) is 3.22. The zero-order valence-electron chi connectivity index (χ0n) is 17.3. The summed E-state index contributed by atoms with van der Waals surface area (Å²) in [4.78, 5) is 39.8. The van der Waals surface area contributed by atoms with Crippen LogP contribution in [-0.2, 0) is 6.42 Å². The Morgan fingerprint density at radius 1 is 0.879 bits per heavy atom. The van der Waals surface area contributed by atoms with E-state index < -0.39 is 15.9 Å². The van der Waals surface area contributed by atoms with Gasteiger partial charge in [0.1, 0.15) is 0 Å². The van der Waals surface area contributed by atoms with Crippen molar-refractivity contribution in [2.75, 3.05) is 6.54 Å². The quantitative estimate of drug-likeness (QED) is 0.360. The maximum absolute atomic E-state index is 13.5. The Morgan fingerprint density at radius 2 is 1.48 bits per heavy atom. The summed E-state index contributed by atoms with van der Waals surface area (Å²) < 4.78 is 0. The molecule has 4 aromatic rings. The van der Waals surface area contributed by atoms with E-state index in [-0.39, 0.29) is 17.3 Å². The van der Waals surface area contributed by atoms with Crippen LogP contribution in [0.5, 0.6) is 0 Å². The summed E-state index contributed by atoms with van der Waals surface area (Å²) in [6, 6.07) is 19.1. The maximum atomic E-state index is 13.5. The number of carbonyl (C=O) groups is 1. The first kappa shape index (κ1) is 20.4. The van der Waals surface area contributed by atoms with Crippen LogP contribution in [0, 0.1) is 20.2 Å². The van der Waals surface area contributed by atoms with Crippen molar-refractivity contribution in [1.29, 1.82) is 0 Å². The lowest BCUT2D eigenvalue weighted by atomic mass is 9.91. The third-order valence-electron chi connectivity index (χ3n) is 6.04. The molecule has 0 bridgehead atoms. The minimum atomic E-state index is -0.508. The summed E-state index contributed by atoms with van der Waals surface area (Å²) in [5, 5.41) is 23.2. The minimum absolute atomic E-state index is 0.0281. The van der Waals surface area contributed by atoms with Gasteiger partial charge in [-0.2, -0.15) is 0 Å². The summed E-state index contributed by atoms with van der Waals surface area (Å²) in [6.45, 7) is 0.437. The standard InChI is InChI=1S/C24H18N4O5/c29-24(16-7-11-18(12-8-16)28(32)33)26-14-13-20-19-3-1-2-4-21(19)25-22(20)23(26)15-5-9-17(10-6-15)27(30)31/h1-12,23,25H,13-14H2. The number of rotatable bonds is 4. The minimum Gasteiger partial charge on any atom is -0.356 e. The number of nitro benzene ring substituents is 2. The van der Waals surface area contributed by atoms with Crippen molar-refractivity contribution in [3.63, 3.8) is 0 Å². The molecule has 1 unspecified atom stereocenters. The van der Waals surface area contributed by atoms with E-state index in [9.17, 15) is 25.0 Å². The zero-order chi connectivity index (χ0) is 23.1. The third-order valence-corrected chi connectivity index (χ3v) is 6.04. The second-order valence-corrected chi connectivity index (χ2v) is 7.87. The van der Waals surface area contributed by atoms with E-state index in [1.165, 1.54) is 36.4 Å². The van der Waals surface area contributed by atoms with Gasteiger partial charge in [0.05, 0.1) is 15.9 Å². The lowest BCUT2D eigenvalue weighted by Gasteiger charge is -2.36. The Kier molecular flexibility index (Phi) is 4.86. The maximum Gasteiger partial charge on any atom is 0.269 e. The molecule has 5 rings (SSSR count). The van der Waals surface area contributed by atoms with Crippen LogP contribution in [0.3, 0.4) is 0 Å². The van der Waals surface area contributed by atoms with Crippen molar-refractivity contribution in [1.82, 2.24) is 9.88 Å². The van der Waals surface area contributed by atoms with E-state index in [0.29, 0.717) is 18.5 Å². The molecule has 9 nitrogen and oxygen atoms in total. The molecule has 0 aliphatic carbocycles. The van der Waals surface area contributed by atoms with Crippen molar-refractivity contribution in [3.05, 3.63) is 115 Å². The van der Waals surface area contributed by atoms with Gasteiger partial charge in [-0.25, -0.2) is 0 Å². The topological polar surface area (TPSA) is 122 Å². The molecule has 0 spiro atoms. The van der Waals surface area contributed by atoms with Crippen molar-refractivity contribution in [2.45, 2.75) is 12.5 Å². The van der Waals surface area contributed by atoms with Crippen molar-refractivity contribution >= 4 is 28.2 Å². The number of hydrogen-bond donors (Lipinski definition) is 1. The molecule has 0 saturated heterocycles. The fraction of sp³-hybridized carbons (Fsp3) is 0.125. The van der Waals surface area contributed by atoms with E-state index in [4.69, 9.17) is 0 Å². The number of para-hydroxylation sites is 1. The molecule has 164 valence electrons. The van der Waals surface area contributed by atoms with Gasteiger partial charge in [0, 0.05) is 53.0 Å². The van der Waals surface area contributed by atoms with Crippen LogP contribution in [0.15, 0.2) is 72.8 Å². The van der Waals surface area contributed by atoms with E-state index in [0.717, 1.165) is 27.7 Å². The van der Waals surface area contributed by atoms with Gasteiger partial charge in [-0.05, 0) is 47.9 Å². The molecule has 0 radical (unpaired) electrons. The smallest absolute Gasteiger partial charge is 0.269 e. The van der Waals surface area contributed by atoms with Gasteiger partial charge < -0.3 is 9.88 Å². The van der Waals surface area contributed by atoms with Crippen molar-refractivity contribution in [3.8, 4) is 0 Å². The average molecular weight is 442 g/mol. The van der Waals surface area contributed by atoms with E-state index in [1.54, 1.807) is 17.0 Å². The van der Waals surface area contributed by atoms with Crippen LogP contribution in [0.25, 0.3) is 10.9 Å². The van der Waals surface area contributed by atoms with Crippen LogP contribution >= 0.6 is 0 Å². The highest BCUT2D eigenvalue weighted by molar-refractivity contribution is 5.96. The fourth-order valence-electron chi connectivity index (χ4n) is 4.48. The molecule has 3 aromatic carbocycles. The molecule has 1 aliphatic rings. The molecule has 1 atom stereocenters. The summed E-state index contributed by atoms with van der Waals surface area (Å²) in [5.74, 6) is -0.266. The molecular weight excluding hydrogens is 424 g/mol. The first-order chi connectivity index (χ1) is 15.9. The largest absolute Gasteiger partial charge is 0.356 e. The van der Waals surface area contributed by atoms with Gasteiger partial charge in [0.2, 0.25) is 0 Å². The summed E-state index contributed by atoms with van der Waals surface area (Å²) in [6.07, 6.45) is 0.640. The lowest BCUT2D eigenvalue weighted by Crippen LogP contribution is -2.40. The van der Waals surface area contributed by atoms with E-state index >= 15 is 0 Å². The van der Waals surface area contributed by atoms with Crippen molar-refractivity contribution in [2.24, 2.45) is 0 Å². The molecule has 9 heteroatoms. The second kappa shape index (κ2) is 7.86. The van der Waals surface area contributed by atoms with Gasteiger partial charge in [-0.15, -0.1) is 0 Å². The molecular formula is C24H18N4O5. The fourth-order valence-corrected chi connectivity index (χ4v) is 4.48. The number of aromatic amines is 1. The van der Waals surface area contributed by atoms with Gasteiger partial charge in [0.15, 0.2) is 0 Å². The van der Waals surface area contributed by atoms with Crippen LogP contribution in [0.4, 0.5) is 11.4 Å². The highest BCUT2D eigenvalue weighted by Gasteiger charge is 2.35. The monoisotopic (exact) mass is 442 g/mol. The summed E-state index contributed by atoms with van der Waals surface area (Å²) >= 11 is 0. The van der Waals surface area contributed by atoms with E-state index in [1.807, 2.05) is 24.3 Å². The Hall–Kier alpha value is -4.53. The van der Waals surface area contributed by atoms with Gasteiger partial charge in [0.25, 0.3) is 17.3 Å². The van der Waals surface area contributed by atoms with Gasteiger partial charge in [-0.3, -0.25) is 25.0 Å². The van der Waals surface area contributed by atoms with Gasteiger partial charge >= 0.3 is 0 Å². The number of benzene rings is 3. The normalized spacial score (nSPS) is 15.3. The Labute approximate surface area is 187 Å². The van der Waals surface area contributed by atoms with Crippen LogP contribution < -0.4 is 0 Å². The van der Waals surface area contributed by atoms with E-state index in [2.05, 4.69) is 4.98 Å². The van der Waals surface area contributed by atoms with Crippen LogP contribution in [0.1, 0.15) is 33.2 Å². The molecule has 2 heterocycles. The number of nitrogens with zero attached hydrogens (tertiary/aromatic N) is 3. The predicted octanol–water partition coefficient (Wildman–Crippen LogP) is 4.77. The highest BCUT2D eigenvalue weighted by Crippen LogP contribution is 2.39. The van der Waals surface area contributed by atoms with Crippen LogP contribution in [0.2, 0.25) is 0 Å². The number of carbonyl (C=O) groups excluding carboxylic acids is 1. The third kappa shape index (κ3) is 3.49. The Morgan fingerprint density at radius 3 is 2.12 bits per heavy atom. The first-order valence-corrected chi connectivity index (χ1v) is 10.3. The Balaban J connectivity index is 1.61. The molecule has 0 fully saturated rings. The summed E-state index contributed by atoms with van der Waals surface area (Å²) in [5.41, 5.74) is 3.90. The Bertz CT molecular complexity index is 1390. The number of aromatic nitrogens is 1. The SMILES string of the molecule is O=C(c1ccc([N+](=O)[O-])cc1)N1CCc2c([nH]c3ccccc23)C1c1ccc([N+](=O)[O-])cc1. The van der Waals surface area contributed by atoms with Gasteiger partial charge in [-0.1, -0.05) is 18.2 Å². The first-order valence-electron chi connectivity index (χ1n) is 10.3. The number of non-ortho nitro benzene ring substituents is 2. The zero-order valence-corrected chi connectivity index (χ0v) is 17.3. The highest BCUT2D eigenvalue weighted by atomic mass is 16.6. The summed E-state index contributed by atoms with van der Waals surface area (Å²) in [7, 11) is 0. The molecule has 1 amide bonds. The molecule has 1 aliphatic heterocycles. The number of nitrogens with one attached hydrogen (secondary N) is 1. The second-order valence-electron chi connectivity index (χ2n) is 7.87. The molecule has 0 saturated carbocycles. The van der Waals surface area contributed by atoms with Crippen LogP contribution in [-0.4, -0.2) is 32.2 Å². The number of nitro groups is 2. The predicted molar refractivity (Wildman–Crippen MR) is 121 cm³/mol. The molecule has 33 heavy (non-hydrogen) atoms. The number of fused-ring (bicyclic) bond motifs is 3. The number of hydrogen-bond acceptors (Lipinski definition) is 5. The lowest BCUT2D eigenvalue weighted by molar-refractivity contribution is -0.385. The van der Waals surface area contributed by atoms with Crippen molar-refractivity contribution < 1.29 is 14.6 Å². The number of amides is 1. The number of H-pyrrole nitrogens is 1. The molecule has 1 N–H and O–H groups in total.